The molecular formula is C21H27NO5S2. The van der Waals surface area contributed by atoms with Gasteiger partial charge in [-0.2, -0.15) is 0 Å². The van der Waals surface area contributed by atoms with E-state index < -0.39 is 0 Å². The maximum Gasteiger partial charge on any atom is 0.305 e. The van der Waals surface area contributed by atoms with E-state index in [0.29, 0.717) is 40.3 Å². The lowest BCUT2D eigenvalue weighted by Crippen LogP contribution is -2.29. The van der Waals surface area contributed by atoms with Crippen LogP contribution in [0.1, 0.15) is 44.6 Å². The summed E-state index contributed by atoms with van der Waals surface area (Å²) in [4.78, 5) is 26.1. The first-order valence-corrected chi connectivity index (χ1v) is 10.9. The molecule has 0 N–H and O–H groups in total. The molecule has 0 atom stereocenters. The highest BCUT2D eigenvalue weighted by Gasteiger charge is 2.31. The van der Waals surface area contributed by atoms with Gasteiger partial charge in [-0.1, -0.05) is 43.4 Å². The summed E-state index contributed by atoms with van der Waals surface area (Å²) in [5, 5.41) is 0. The molecule has 0 saturated carbocycles. The van der Waals surface area contributed by atoms with E-state index in [1.165, 1.54) is 18.9 Å². The molecule has 1 aliphatic heterocycles. The van der Waals surface area contributed by atoms with E-state index in [-0.39, 0.29) is 11.9 Å². The molecule has 8 heteroatoms. The van der Waals surface area contributed by atoms with Crippen LogP contribution in [0.3, 0.4) is 0 Å². The Bertz CT molecular complexity index is 778. The van der Waals surface area contributed by atoms with Crippen LogP contribution in [-0.4, -0.2) is 48.5 Å². The van der Waals surface area contributed by atoms with Gasteiger partial charge in [0.15, 0.2) is 11.5 Å². The monoisotopic (exact) mass is 437 g/mol. The summed E-state index contributed by atoms with van der Waals surface area (Å²) in [6, 6.07) is 5.60. The molecule has 0 bridgehead atoms. The molecule has 1 heterocycles. The van der Waals surface area contributed by atoms with Crippen molar-refractivity contribution in [1.82, 2.24) is 4.90 Å². The number of thioether (sulfide) groups is 1. The van der Waals surface area contributed by atoms with Gasteiger partial charge in [-0.3, -0.25) is 14.5 Å². The van der Waals surface area contributed by atoms with Crippen LogP contribution in [-0.2, 0) is 14.3 Å². The van der Waals surface area contributed by atoms with Crippen LogP contribution < -0.4 is 9.47 Å². The van der Waals surface area contributed by atoms with Gasteiger partial charge in [-0.05, 0) is 43.0 Å². The zero-order chi connectivity index (χ0) is 21.2. The van der Waals surface area contributed by atoms with Crippen LogP contribution in [0.5, 0.6) is 11.5 Å². The van der Waals surface area contributed by atoms with Crippen LogP contribution >= 0.6 is 24.0 Å². The molecule has 1 aromatic rings. The predicted octanol–water partition coefficient (Wildman–Crippen LogP) is 4.42. The minimum atomic E-state index is -0.208. The van der Waals surface area contributed by atoms with Crippen molar-refractivity contribution in [3.63, 3.8) is 0 Å². The van der Waals surface area contributed by atoms with E-state index in [1.807, 2.05) is 31.2 Å². The molecule has 0 aliphatic carbocycles. The number of hydrogen-bond donors (Lipinski definition) is 0. The molecule has 6 nitrogen and oxygen atoms in total. The summed E-state index contributed by atoms with van der Waals surface area (Å²) in [6.45, 7) is 3.21. The predicted molar refractivity (Wildman–Crippen MR) is 119 cm³/mol. The van der Waals surface area contributed by atoms with E-state index in [4.69, 9.17) is 21.7 Å². The first-order valence-electron chi connectivity index (χ1n) is 9.63. The summed E-state index contributed by atoms with van der Waals surface area (Å²) in [5.74, 6) is 1.03. The fourth-order valence-electron chi connectivity index (χ4n) is 2.77. The number of methoxy groups -OCH3 is 2. The van der Waals surface area contributed by atoms with E-state index in [0.717, 1.165) is 31.2 Å². The summed E-state index contributed by atoms with van der Waals surface area (Å²) in [7, 11) is 2.98. The molecule has 1 amide bonds. The molecule has 158 valence electrons. The standard InChI is InChI=1S/C21H27NO5S2/c1-4-12-27-16-10-9-15(13-17(16)25-2)14-18-20(24)22(21(28)29-18)11-7-5-6-8-19(23)26-3/h9-10,13-14H,4-8,11-12H2,1-3H3/b18-14-. The van der Waals surface area contributed by atoms with Crippen LogP contribution in [0, 0.1) is 0 Å². The lowest BCUT2D eigenvalue weighted by Gasteiger charge is -2.14. The molecule has 2 rings (SSSR count). The number of benzene rings is 1. The van der Waals surface area contributed by atoms with E-state index in [2.05, 4.69) is 4.74 Å². The van der Waals surface area contributed by atoms with E-state index in [9.17, 15) is 9.59 Å². The molecule has 1 aromatic carbocycles. The maximum atomic E-state index is 12.7. The number of esters is 1. The first kappa shape index (κ1) is 23.2. The van der Waals surface area contributed by atoms with Crippen molar-refractivity contribution in [1.29, 1.82) is 0 Å². The van der Waals surface area contributed by atoms with Gasteiger partial charge < -0.3 is 14.2 Å². The number of thiocarbonyl (C=S) groups is 1. The third-order valence-electron chi connectivity index (χ3n) is 4.31. The van der Waals surface area contributed by atoms with Gasteiger partial charge in [0.05, 0.1) is 25.7 Å². The Morgan fingerprint density at radius 2 is 2.00 bits per heavy atom. The third-order valence-corrected chi connectivity index (χ3v) is 5.69. The van der Waals surface area contributed by atoms with Crippen LogP contribution in [0.25, 0.3) is 6.08 Å². The average molecular weight is 438 g/mol. The number of hydrogen-bond acceptors (Lipinski definition) is 7. The van der Waals surface area contributed by atoms with Gasteiger partial charge in [0.25, 0.3) is 5.91 Å². The van der Waals surface area contributed by atoms with Gasteiger partial charge in [-0.15, -0.1) is 0 Å². The van der Waals surface area contributed by atoms with E-state index in [1.54, 1.807) is 12.0 Å². The molecule has 0 unspecified atom stereocenters. The molecule has 1 fully saturated rings. The van der Waals surface area contributed by atoms with Gasteiger partial charge in [-0.25, -0.2) is 0 Å². The smallest absolute Gasteiger partial charge is 0.305 e. The fourth-order valence-corrected chi connectivity index (χ4v) is 4.08. The van der Waals surface area contributed by atoms with Crippen molar-refractivity contribution >= 4 is 46.3 Å². The zero-order valence-corrected chi connectivity index (χ0v) is 18.7. The van der Waals surface area contributed by atoms with Crippen molar-refractivity contribution in [2.24, 2.45) is 0 Å². The summed E-state index contributed by atoms with van der Waals surface area (Å²) in [6.07, 6.45) is 5.49. The Balaban J connectivity index is 1.97. The number of rotatable bonds is 11. The lowest BCUT2D eigenvalue weighted by molar-refractivity contribution is -0.140. The Kier molecular flexibility index (Phi) is 9.47. The summed E-state index contributed by atoms with van der Waals surface area (Å²) < 4.78 is 16.3. The molecule has 0 aromatic heterocycles. The van der Waals surface area contributed by atoms with Crippen molar-refractivity contribution in [3.8, 4) is 11.5 Å². The molecule has 1 saturated heterocycles. The summed E-state index contributed by atoms with van der Waals surface area (Å²) >= 11 is 6.68. The zero-order valence-electron chi connectivity index (χ0n) is 17.1. The normalized spacial score (nSPS) is 15.1. The highest BCUT2D eigenvalue weighted by atomic mass is 32.2. The van der Waals surface area contributed by atoms with Gasteiger partial charge in [0.1, 0.15) is 4.32 Å². The van der Waals surface area contributed by atoms with Gasteiger partial charge in [0.2, 0.25) is 0 Å². The lowest BCUT2D eigenvalue weighted by atomic mass is 10.1. The second kappa shape index (κ2) is 11.8. The van der Waals surface area contributed by atoms with Gasteiger partial charge in [0, 0.05) is 13.0 Å². The number of nitrogens with zero attached hydrogens (tertiary/aromatic N) is 1. The number of amides is 1. The third kappa shape index (κ3) is 6.75. The van der Waals surface area contributed by atoms with Crippen molar-refractivity contribution in [2.45, 2.75) is 39.0 Å². The molecule has 0 spiro atoms. The number of ether oxygens (including phenoxy) is 3. The molecule has 1 aliphatic rings. The van der Waals surface area contributed by atoms with Crippen molar-refractivity contribution < 1.29 is 23.8 Å². The van der Waals surface area contributed by atoms with Gasteiger partial charge >= 0.3 is 5.97 Å². The maximum absolute atomic E-state index is 12.7. The Morgan fingerprint density at radius 1 is 1.21 bits per heavy atom. The Morgan fingerprint density at radius 3 is 2.69 bits per heavy atom. The second-order valence-corrected chi connectivity index (χ2v) is 8.15. The molecule has 0 radical (unpaired) electrons. The number of carbonyl (C=O) groups is 2. The summed E-state index contributed by atoms with van der Waals surface area (Å²) in [5.41, 5.74) is 0.851. The van der Waals surface area contributed by atoms with Crippen molar-refractivity contribution in [3.05, 3.63) is 28.7 Å². The minimum absolute atomic E-state index is 0.0850. The minimum Gasteiger partial charge on any atom is -0.493 e. The highest BCUT2D eigenvalue weighted by molar-refractivity contribution is 8.26. The van der Waals surface area contributed by atoms with Crippen LogP contribution in [0.15, 0.2) is 23.1 Å². The first-order chi connectivity index (χ1) is 14.0. The van der Waals surface area contributed by atoms with E-state index >= 15 is 0 Å². The Hall–Kier alpha value is -2.06. The van der Waals surface area contributed by atoms with Crippen LogP contribution in [0.2, 0.25) is 0 Å². The number of unbranched alkanes of at least 4 members (excludes halogenated alkanes) is 2. The highest BCUT2D eigenvalue weighted by Crippen LogP contribution is 2.35. The molecular weight excluding hydrogens is 410 g/mol. The van der Waals surface area contributed by atoms with Crippen LogP contribution in [0.4, 0.5) is 0 Å². The SMILES string of the molecule is CCCOc1ccc(/C=C2\SC(=S)N(CCCCCC(=O)OC)C2=O)cc1OC. The van der Waals surface area contributed by atoms with Crippen molar-refractivity contribution in [2.75, 3.05) is 27.4 Å². The number of carbonyl (C=O) groups excluding carboxylic acids is 2. The molecule has 29 heavy (non-hydrogen) atoms. The topological polar surface area (TPSA) is 65.1 Å². The average Bonchev–Trinajstić information content (AvgIpc) is 2.99. The Labute approximate surface area is 181 Å². The largest absolute Gasteiger partial charge is 0.493 e. The quantitative estimate of drug-likeness (QED) is 0.220. The second-order valence-electron chi connectivity index (χ2n) is 6.48. The fraction of sp³-hybridized carbons (Fsp3) is 0.476.